The molecule has 2 aliphatic rings. The Hall–Kier alpha value is -1.83. The van der Waals surface area contributed by atoms with E-state index in [9.17, 15) is 19.5 Å². The Bertz CT molecular complexity index is 442. The zero-order chi connectivity index (χ0) is 15.6. The van der Waals surface area contributed by atoms with Crippen molar-refractivity contribution < 1.29 is 24.6 Å². The van der Waals surface area contributed by atoms with Crippen LogP contribution in [0, 0.1) is 0 Å². The van der Waals surface area contributed by atoms with E-state index >= 15 is 0 Å². The molecule has 2 aliphatic heterocycles. The highest BCUT2D eigenvalue weighted by atomic mass is 16.4. The second-order valence-electron chi connectivity index (χ2n) is 5.50. The third-order valence-corrected chi connectivity index (χ3v) is 4.11. The van der Waals surface area contributed by atoms with Crippen LogP contribution in [0.1, 0.15) is 25.7 Å². The van der Waals surface area contributed by atoms with E-state index in [1.807, 2.05) is 0 Å². The van der Waals surface area contributed by atoms with E-state index in [1.54, 1.807) is 0 Å². The molecule has 2 heterocycles. The van der Waals surface area contributed by atoms with Crippen molar-refractivity contribution in [2.45, 2.75) is 43.9 Å². The van der Waals surface area contributed by atoms with E-state index in [2.05, 4.69) is 5.32 Å². The molecule has 3 N–H and O–H groups in total. The van der Waals surface area contributed by atoms with Gasteiger partial charge in [0.05, 0.1) is 6.10 Å². The zero-order valence-electron chi connectivity index (χ0n) is 12.0. The van der Waals surface area contributed by atoms with Gasteiger partial charge in [0.25, 0.3) is 0 Å². The molecule has 2 fully saturated rings. The fourth-order valence-corrected chi connectivity index (χ4v) is 3.02. The van der Waals surface area contributed by atoms with E-state index in [-0.39, 0.29) is 18.9 Å². The number of carboxylic acids is 1. The topological polar surface area (TPSA) is 110 Å². The number of carbonyl (C=O) groups excluding carboxylic acids is 2. The second-order valence-corrected chi connectivity index (χ2v) is 5.50. The van der Waals surface area contributed by atoms with Crippen LogP contribution < -0.4 is 5.32 Å². The van der Waals surface area contributed by atoms with E-state index in [0.717, 1.165) is 17.7 Å². The van der Waals surface area contributed by atoms with Crippen LogP contribution in [0.5, 0.6) is 0 Å². The number of carboxylic acid groups (broad SMARTS) is 1. The van der Waals surface area contributed by atoms with Crippen LogP contribution in [0.15, 0.2) is 0 Å². The number of amides is 3. The summed E-state index contributed by atoms with van der Waals surface area (Å²) in [5, 5.41) is 21.3. The van der Waals surface area contributed by atoms with Crippen LogP contribution in [0.25, 0.3) is 0 Å². The lowest BCUT2D eigenvalue weighted by atomic mass is 10.0. The van der Waals surface area contributed by atoms with Crippen LogP contribution in [-0.2, 0) is 9.59 Å². The number of aliphatic hydroxyl groups is 1. The van der Waals surface area contributed by atoms with Gasteiger partial charge in [-0.05, 0) is 19.3 Å². The van der Waals surface area contributed by atoms with Gasteiger partial charge in [-0.1, -0.05) is 0 Å². The molecule has 1 unspecified atom stereocenters. The first-order chi connectivity index (χ1) is 9.95. The van der Waals surface area contributed by atoms with Gasteiger partial charge >= 0.3 is 12.0 Å². The van der Waals surface area contributed by atoms with E-state index in [4.69, 9.17) is 5.11 Å². The lowest BCUT2D eigenvalue weighted by molar-refractivity contribution is -0.141. The van der Waals surface area contributed by atoms with E-state index in [1.165, 1.54) is 11.9 Å². The van der Waals surface area contributed by atoms with Crippen LogP contribution >= 0.6 is 0 Å². The molecule has 8 heteroatoms. The summed E-state index contributed by atoms with van der Waals surface area (Å²) in [5.74, 6) is -1.37. The van der Waals surface area contributed by atoms with Crippen LogP contribution in [0.4, 0.5) is 4.79 Å². The van der Waals surface area contributed by atoms with Crippen molar-refractivity contribution in [2.75, 3.05) is 20.1 Å². The largest absolute Gasteiger partial charge is 0.480 e. The predicted octanol–water partition coefficient (Wildman–Crippen LogP) is -0.773. The molecule has 0 saturated carbocycles. The van der Waals surface area contributed by atoms with Gasteiger partial charge in [0.1, 0.15) is 12.1 Å². The molecule has 0 radical (unpaired) electrons. The summed E-state index contributed by atoms with van der Waals surface area (Å²) in [4.78, 5) is 38.3. The van der Waals surface area contributed by atoms with Gasteiger partial charge in [-0.25, -0.2) is 9.59 Å². The van der Waals surface area contributed by atoms with Gasteiger partial charge in [0.2, 0.25) is 5.91 Å². The average Bonchev–Trinajstić information content (AvgIpc) is 2.88. The van der Waals surface area contributed by atoms with Gasteiger partial charge < -0.3 is 25.3 Å². The molecule has 0 aromatic rings. The second kappa shape index (κ2) is 6.30. The van der Waals surface area contributed by atoms with Crippen molar-refractivity contribution in [1.82, 2.24) is 15.1 Å². The van der Waals surface area contributed by atoms with Crippen molar-refractivity contribution in [3.05, 3.63) is 0 Å². The van der Waals surface area contributed by atoms with Crippen LogP contribution in [-0.4, -0.2) is 76.2 Å². The molecular weight excluding hydrogens is 278 g/mol. The molecule has 3 atom stereocenters. The molecule has 0 aromatic carbocycles. The highest BCUT2D eigenvalue weighted by Crippen LogP contribution is 2.24. The first-order valence-electron chi connectivity index (χ1n) is 7.15. The minimum absolute atomic E-state index is 0.00718. The van der Waals surface area contributed by atoms with Crippen molar-refractivity contribution in [3.63, 3.8) is 0 Å². The van der Waals surface area contributed by atoms with Crippen LogP contribution in [0.3, 0.4) is 0 Å². The maximum Gasteiger partial charge on any atom is 0.326 e. The van der Waals surface area contributed by atoms with Gasteiger partial charge in [-0.3, -0.25) is 4.79 Å². The number of likely N-dealkylation sites (N-methyl/N-ethyl adjacent to an activating group) is 1. The molecule has 0 aliphatic carbocycles. The Kier molecular flexibility index (Phi) is 4.66. The number of urea groups is 1. The molecule has 3 amide bonds. The van der Waals surface area contributed by atoms with Crippen molar-refractivity contribution >= 4 is 17.9 Å². The summed E-state index contributed by atoms with van der Waals surface area (Å²) in [7, 11) is 1.51. The normalized spacial score (nSPS) is 29.3. The fourth-order valence-electron chi connectivity index (χ4n) is 3.02. The number of β-amino-alcohol motifs (C(OH)–C–C–N with tert-alkyl or cyclic N) is 1. The number of nitrogens with zero attached hydrogens (tertiary/aromatic N) is 2. The lowest BCUT2D eigenvalue weighted by Gasteiger charge is -2.37. The highest BCUT2D eigenvalue weighted by Gasteiger charge is 2.43. The summed E-state index contributed by atoms with van der Waals surface area (Å²) in [6.45, 7) is 0.419. The zero-order valence-corrected chi connectivity index (χ0v) is 12.0. The number of rotatable bonds is 2. The summed E-state index contributed by atoms with van der Waals surface area (Å²) in [6, 6.07) is -2.07. The minimum Gasteiger partial charge on any atom is -0.480 e. The maximum atomic E-state index is 12.6. The Morgan fingerprint density at radius 3 is 2.48 bits per heavy atom. The van der Waals surface area contributed by atoms with Gasteiger partial charge in [0.15, 0.2) is 0 Å². The van der Waals surface area contributed by atoms with Crippen molar-refractivity contribution in [1.29, 1.82) is 0 Å². The monoisotopic (exact) mass is 299 g/mol. The molecule has 0 spiro atoms. The number of piperidine rings is 1. The van der Waals surface area contributed by atoms with E-state index < -0.39 is 30.2 Å². The molecule has 0 bridgehead atoms. The van der Waals surface area contributed by atoms with Gasteiger partial charge in [0, 0.05) is 26.6 Å². The minimum atomic E-state index is -1.13. The molecule has 2 saturated heterocycles. The standard InChI is InChI=1S/C13H21N3O5/c1-14-11(18)9-4-2-3-5-15(9)13(21)16-7-8(17)6-10(16)12(19)20/h8-10,17H,2-7H2,1H3,(H,14,18)(H,19,20)/t8-,9?,10-/m0/s1. The molecule has 2 rings (SSSR count). The Morgan fingerprint density at radius 2 is 1.86 bits per heavy atom. The fraction of sp³-hybridized carbons (Fsp3) is 0.769. The van der Waals surface area contributed by atoms with Crippen LogP contribution in [0.2, 0.25) is 0 Å². The first-order valence-corrected chi connectivity index (χ1v) is 7.15. The molecular formula is C13H21N3O5. The summed E-state index contributed by atoms with van der Waals surface area (Å²) >= 11 is 0. The highest BCUT2D eigenvalue weighted by molar-refractivity contribution is 5.89. The Labute approximate surface area is 122 Å². The number of aliphatic carboxylic acids is 1. The molecule has 8 nitrogen and oxygen atoms in total. The number of nitrogens with one attached hydrogen (secondary N) is 1. The SMILES string of the molecule is CNC(=O)C1CCCCN1C(=O)N1C[C@@H](O)C[C@H]1C(=O)O. The summed E-state index contributed by atoms with van der Waals surface area (Å²) in [6.07, 6.45) is 1.40. The number of aliphatic hydroxyl groups excluding tert-OH is 1. The quantitative estimate of drug-likeness (QED) is 0.620. The molecule has 0 aromatic heterocycles. The predicted molar refractivity (Wildman–Crippen MR) is 72.6 cm³/mol. The first kappa shape index (κ1) is 15.6. The maximum absolute atomic E-state index is 12.6. The smallest absolute Gasteiger partial charge is 0.326 e. The number of carbonyl (C=O) groups is 3. The van der Waals surface area contributed by atoms with Gasteiger partial charge in [-0.15, -0.1) is 0 Å². The number of hydrogen-bond donors (Lipinski definition) is 3. The average molecular weight is 299 g/mol. The Morgan fingerprint density at radius 1 is 1.14 bits per heavy atom. The molecule has 21 heavy (non-hydrogen) atoms. The van der Waals surface area contributed by atoms with E-state index in [0.29, 0.717) is 13.0 Å². The summed E-state index contributed by atoms with van der Waals surface area (Å²) in [5.41, 5.74) is 0. The molecule has 118 valence electrons. The van der Waals surface area contributed by atoms with Crippen molar-refractivity contribution in [2.24, 2.45) is 0 Å². The third kappa shape index (κ3) is 3.10. The van der Waals surface area contributed by atoms with Crippen molar-refractivity contribution in [3.8, 4) is 0 Å². The van der Waals surface area contributed by atoms with Gasteiger partial charge in [-0.2, -0.15) is 0 Å². The third-order valence-electron chi connectivity index (χ3n) is 4.11. The number of likely N-dealkylation sites (tertiary alicyclic amines) is 2. The lowest BCUT2D eigenvalue weighted by Crippen LogP contribution is -2.57. The Balaban J connectivity index is 2.16. The summed E-state index contributed by atoms with van der Waals surface area (Å²) < 4.78 is 0. The number of hydrogen-bond acceptors (Lipinski definition) is 4.